The number of nitrogens with zero attached hydrogens (tertiary/aromatic N) is 1. The van der Waals surface area contributed by atoms with Crippen molar-refractivity contribution in [3.8, 4) is 0 Å². The fourth-order valence-corrected chi connectivity index (χ4v) is 1.93. The minimum absolute atomic E-state index is 0.665. The van der Waals surface area contributed by atoms with Crippen LogP contribution in [0.15, 0.2) is 0 Å². The van der Waals surface area contributed by atoms with Crippen molar-refractivity contribution >= 4 is 0 Å². The summed E-state index contributed by atoms with van der Waals surface area (Å²) >= 11 is 0. The first-order chi connectivity index (χ1) is 6.84. The molecule has 1 rings (SSSR count). The summed E-state index contributed by atoms with van der Waals surface area (Å²) < 4.78 is 5.66. The lowest BCUT2D eigenvalue weighted by Crippen LogP contribution is -2.39. The van der Waals surface area contributed by atoms with Crippen LogP contribution in [0.25, 0.3) is 0 Å². The molecule has 0 saturated carbocycles. The van der Waals surface area contributed by atoms with Gasteiger partial charge in [-0.25, -0.2) is 0 Å². The predicted octanol–water partition coefficient (Wildman–Crippen LogP) is 1.10. The van der Waals surface area contributed by atoms with Crippen molar-refractivity contribution < 1.29 is 4.74 Å². The quantitative estimate of drug-likeness (QED) is 0.650. The van der Waals surface area contributed by atoms with Crippen LogP contribution in [-0.2, 0) is 4.74 Å². The highest BCUT2D eigenvalue weighted by Crippen LogP contribution is 2.14. The maximum atomic E-state index is 5.66. The average molecular weight is 200 g/mol. The third kappa shape index (κ3) is 4.40. The number of likely N-dealkylation sites (N-methyl/N-ethyl adjacent to an activating group) is 1. The minimum Gasteiger partial charge on any atom is -0.380 e. The van der Waals surface area contributed by atoms with Crippen LogP contribution < -0.4 is 5.32 Å². The Morgan fingerprint density at radius 3 is 3.00 bits per heavy atom. The van der Waals surface area contributed by atoms with Gasteiger partial charge < -0.3 is 15.0 Å². The van der Waals surface area contributed by atoms with Crippen LogP contribution in [-0.4, -0.2) is 51.3 Å². The van der Waals surface area contributed by atoms with Crippen molar-refractivity contribution in [3.05, 3.63) is 0 Å². The van der Waals surface area contributed by atoms with Crippen LogP contribution in [0.5, 0.6) is 0 Å². The molecule has 0 aromatic heterocycles. The van der Waals surface area contributed by atoms with Crippen molar-refractivity contribution in [1.82, 2.24) is 10.2 Å². The van der Waals surface area contributed by atoms with Gasteiger partial charge in [-0.3, -0.25) is 0 Å². The Hall–Kier alpha value is -0.120. The van der Waals surface area contributed by atoms with E-state index >= 15 is 0 Å². The smallest absolute Gasteiger partial charge is 0.0621 e. The second-order valence-electron chi connectivity index (χ2n) is 4.16. The van der Waals surface area contributed by atoms with Gasteiger partial charge in [-0.1, -0.05) is 6.42 Å². The van der Waals surface area contributed by atoms with E-state index < -0.39 is 0 Å². The van der Waals surface area contributed by atoms with E-state index in [4.69, 9.17) is 4.74 Å². The molecule has 1 fully saturated rings. The number of hydrogen-bond donors (Lipinski definition) is 1. The Labute approximate surface area is 87.8 Å². The topological polar surface area (TPSA) is 24.5 Å². The number of ether oxygens (including phenoxy) is 1. The van der Waals surface area contributed by atoms with E-state index in [9.17, 15) is 0 Å². The predicted molar refractivity (Wildman–Crippen MR) is 59.6 cm³/mol. The first-order valence-corrected chi connectivity index (χ1v) is 5.77. The summed E-state index contributed by atoms with van der Waals surface area (Å²) in [5.74, 6) is 0. The molecule has 1 heterocycles. The molecule has 1 aliphatic rings. The molecule has 3 nitrogen and oxygen atoms in total. The number of hydrogen-bond acceptors (Lipinski definition) is 3. The lowest BCUT2D eigenvalue weighted by molar-refractivity contribution is 0.0521. The van der Waals surface area contributed by atoms with Gasteiger partial charge in [0, 0.05) is 12.6 Å². The van der Waals surface area contributed by atoms with Gasteiger partial charge in [0.2, 0.25) is 0 Å². The molecule has 0 aliphatic carbocycles. The lowest BCUT2D eigenvalue weighted by atomic mass is 10.0. The molecule has 3 heteroatoms. The molecule has 14 heavy (non-hydrogen) atoms. The van der Waals surface area contributed by atoms with Gasteiger partial charge in [0.25, 0.3) is 0 Å². The largest absolute Gasteiger partial charge is 0.380 e. The average Bonchev–Trinajstić information content (AvgIpc) is 2.20. The summed E-state index contributed by atoms with van der Waals surface area (Å²) in [6.45, 7) is 4.11. The fourth-order valence-electron chi connectivity index (χ4n) is 1.93. The Morgan fingerprint density at radius 2 is 2.29 bits per heavy atom. The molecule has 1 N–H and O–H groups in total. The van der Waals surface area contributed by atoms with Crippen molar-refractivity contribution in [3.63, 3.8) is 0 Å². The van der Waals surface area contributed by atoms with Gasteiger partial charge in [-0.15, -0.1) is 0 Å². The normalized spacial score (nSPS) is 24.0. The maximum Gasteiger partial charge on any atom is 0.0621 e. The summed E-state index contributed by atoms with van der Waals surface area (Å²) in [4.78, 5) is 2.43. The van der Waals surface area contributed by atoms with E-state index in [2.05, 4.69) is 17.3 Å². The SMILES string of the molecule is CNCCCOCC1CCCCN1C. The molecular formula is C11H24N2O. The van der Waals surface area contributed by atoms with Crippen molar-refractivity contribution in [2.24, 2.45) is 0 Å². The third-order valence-corrected chi connectivity index (χ3v) is 2.95. The van der Waals surface area contributed by atoms with Crippen LogP contribution >= 0.6 is 0 Å². The van der Waals surface area contributed by atoms with Crippen molar-refractivity contribution in [1.29, 1.82) is 0 Å². The molecule has 1 saturated heterocycles. The zero-order chi connectivity index (χ0) is 10.2. The Morgan fingerprint density at radius 1 is 1.43 bits per heavy atom. The molecule has 0 aromatic carbocycles. The van der Waals surface area contributed by atoms with E-state index in [0.717, 1.165) is 26.2 Å². The molecule has 0 spiro atoms. The highest BCUT2D eigenvalue weighted by atomic mass is 16.5. The van der Waals surface area contributed by atoms with Crippen LogP contribution in [0.3, 0.4) is 0 Å². The number of nitrogens with one attached hydrogen (secondary N) is 1. The van der Waals surface area contributed by atoms with Gasteiger partial charge >= 0.3 is 0 Å². The van der Waals surface area contributed by atoms with E-state index in [1.165, 1.54) is 25.8 Å². The van der Waals surface area contributed by atoms with Crippen molar-refractivity contribution in [2.75, 3.05) is 40.4 Å². The maximum absolute atomic E-state index is 5.66. The fraction of sp³-hybridized carbons (Fsp3) is 1.00. The van der Waals surface area contributed by atoms with Crippen LogP contribution in [0, 0.1) is 0 Å². The molecular weight excluding hydrogens is 176 g/mol. The lowest BCUT2D eigenvalue weighted by Gasteiger charge is -2.32. The standard InChI is InChI=1S/C11H24N2O/c1-12-7-5-9-14-10-11-6-3-4-8-13(11)2/h11-12H,3-10H2,1-2H3. The highest BCUT2D eigenvalue weighted by Gasteiger charge is 2.18. The van der Waals surface area contributed by atoms with Gasteiger partial charge in [-0.05, 0) is 46.4 Å². The summed E-state index contributed by atoms with van der Waals surface area (Å²) in [5, 5.41) is 3.12. The van der Waals surface area contributed by atoms with Crippen LogP contribution in [0.2, 0.25) is 0 Å². The van der Waals surface area contributed by atoms with E-state index in [1.54, 1.807) is 0 Å². The van der Waals surface area contributed by atoms with Gasteiger partial charge in [-0.2, -0.15) is 0 Å². The van der Waals surface area contributed by atoms with Gasteiger partial charge in [0.15, 0.2) is 0 Å². The van der Waals surface area contributed by atoms with E-state index in [1.807, 2.05) is 7.05 Å². The first kappa shape index (κ1) is 12.0. The second-order valence-corrected chi connectivity index (χ2v) is 4.16. The molecule has 0 aromatic rings. The van der Waals surface area contributed by atoms with Gasteiger partial charge in [0.1, 0.15) is 0 Å². The highest BCUT2D eigenvalue weighted by molar-refractivity contribution is 4.73. The molecule has 0 bridgehead atoms. The zero-order valence-corrected chi connectivity index (χ0v) is 9.59. The van der Waals surface area contributed by atoms with E-state index in [0.29, 0.717) is 6.04 Å². The number of likely N-dealkylation sites (tertiary alicyclic amines) is 1. The molecule has 0 radical (unpaired) electrons. The Bertz CT molecular complexity index is 141. The Kier molecular flexibility index (Phi) is 6.15. The summed E-state index contributed by atoms with van der Waals surface area (Å²) in [6, 6.07) is 0.665. The Balaban J connectivity index is 1.99. The van der Waals surface area contributed by atoms with Crippen LogP contribution in [0.1, 0.15) is 25.7 Å². The molecule has 1 unspecified atom stereocenters. The third-order valence-electron chi connectivity index (χ3n) is 2.95. The van der Waals surface area contributed by atoms with Gasteiger partial charge in [0.05, 0.1) is 6.61 Å². The number of rotatable bonds is 6. The molecule has 1 aliphatic heterocycles. The zero-order valence-electron chi connectivity index (χ0n) is 9.59. The monoisotopic (exact) mass is 200 g/mol. The molecule has 84 valence electrons. The molecule has 1 atom stereocenters. The second kappa shape index (κ2) is 7.21. The molecule has 0 amide bonds. The summed E-state index contributed by atoms with van der Waals surface area (Å²) in [5.41, 5.74) is 0. The number of piperidine rings is 1. The van der Waals surface area contributed by atoms with Crippen LogP contribution in [0.4, 0.5) is 0 Å². The minimum atomic E-state index is 0.665. The summed E-state index contributed by atoms with van der Waals surface area (Å²) in [7, 11) is 4.19. The summed E-state index contributed by atoms with van der Waals surface area (Å²) in [6.07, 6.45) is 5.15. The van der Waals surface area contributed by atoms with Crippen molar-refractivity contribution in [2.45, 2.75) is 31.7 Å². The first-order valence-electron chi connectivity index (χ1n) is 5.77. The van der Waals surface area contributed by atoms with E-state index in [-0.39, 0.29) is 0 Å².